The van der Waals surface area contributed by atoms with Gasteiger partial charge in [0, 0.05) is 18.8 Å². The molecule has 33 heavy (non-hydrogen) atoms. The molecular formula is C21H19N3O9. The van der Waals surface area contributed by atoms with Gasteiger partial charge in [-0.2, -0.15) is 0 Å². The monoisotopic (exact) mass is 457 g/mol. The number of amides is 3. The van der Waals surface area contributed by atoms with E-state index in [0.717, 1.165) is 17.0 Å². The van der Waals surface area contributed by atoms with Gasteiger partial charge < -0.3 is 19.5 Å². The first-order valence-electron chi connectivity index (χ1n) is 9.60. The smallest absolute Gasteiger partial charge is 0.345 e. The van der Waals surface area contributed by atoms with Crippen LogP contribution in [0.5, 0.6) is 11.5 Å². The Balaban J connectivity index is 1.72. The number of nitro groups is 1. The zero-order valence-electron chi connectivity index (χ0n) is 17.9. The standard InChI is InChI=1S/C21H19N3O9/c1-4-32-17-8-14(15(24(29)30)9-16(17)31-3)21(28)33-10-18(25)22-11-5-6-12-13(7-11)20(27)23(2)19(12)26/h5-9H,4,10H2,1-3H3,(H,22,25). The highest BCUT2D eigenvalue weighted by Gasteiger charge is 2.33. The number of carbonyl (C=O) groups excluding carboxylic acids is 4. The number of fused-ring (bicyclic) bond motifs is 1. The Morgan fingerprint density at radius 2 is 1.79 bits per heavy atom. The zero-order chi connectivity index (χ0) is 24.3. The van der Waals surface area contributed by atoms with Crippen molar-refractivity contribution < 1.29 is 38.3 Å². The van der Waals surface area contributed by atoms with Crippen LogP contribution < -0.4 is 14.8 Å². The molecule has 0 fully saturated rings. The van der Waals surface area contributed by atoms with E-state index in [1.807, 2.05) is 0 Å². The first-order valence-corrected chi connectivity index (χ1v) is 9.60. The van der Waals surface area contributed by atoms with Crippen LogP contribution in [0.3, 0.4) is 0 Å². The molecule has 0 spiro atoms. The number of hydrogen-bond donors (Lipinski definition) is 1. The van der Waals surface area contributed by atoms with E-state index in [2.05, 4.69) is 5.32 Å². The fraction of sp³-hybridized carbons (Fsp3) is 0.238. The molecule has 3 rings (SSSR count). The van der Waals surface area contributed by atoms with E-state index < -0.39 is 46.5 Å². The summed E-state index contributed by atoms with van der Waals surface area (Å²) in [6.07, 6.45) is 0. The molecule has 1 aliphatic rings. The lowest BCUT2D eigenvalue weighted by Gasteiger charge is -2.12. The van der Waals surface area contributed by atoms with Gasteiger partial charge in [-0.15, -0.1) is 0 Å². The fourth-order valence-electron chi connectivity index (χ4n) is 3.14. The number of esters is 1. The summed E-state index contributed by atoms with van der Waals surface area (Å²) in [5.41, 5.74) is -0.438. The third kappa shape index (κ3) is 4.59. The maximum atomic E-state index is 12.5. The van der Waals surface area contributed by atoms with Crippen LogP contribution in [0, 0.1) is 10.1 Å². The Morgan fingerprint density at radius 3 is 2.42 bits per heavy atom. The van der Waals surface area contributed by atoms with Crippen molar-refractivity contribution in [2.75, 3.05) is 32.7 Å². The number of carbonyl (C=O) groups is 4. The molecular weight excluding hydrogens is 438 g/mol. The van der Waals surface area contributed by atoms with Crippen LogP contribution in [0.4, 0.5) is 11.4 Å². The first kappa shape index (κ1) is 23.2. The van der Waals surface area contributed by atoms with Crippen LogP contribution in [0.1, 0.15) is 38.0 Å². The largest absolute Gasteiger partial charge is 0.493 e. The van der Waals surface area contributed by atoms with Crippen LogP contribution in [0.15, 0.2) is 30.3 Å². The highest BCUT2D eigenvalue weighted by atomic mass is 16.6. The van der Waals surface area contributed by atoms with E-state index in [9.17, 15) is 29.3 Å². The molecule has 0 saturated carbocycles. The van der Waals surface area contributed by atoms with E-state index >= 15 is 0 Å². The van der Waals surface area contributed by atoms with E-state index in [1.54, 1.807) is 6.92 Å². The molecule has 12 heteroatoms. The van der Waals surface area contributed by atoms with Crippen molar-refractivity contribution in [2.24, 2.45) is 0 Å². The highest BCUT2D eigenvalue weighted by molar-refractivity contribution is 6.21. The topological polar surface area (TPSA) is 154 Å². The molecule has 0 saturated heterocycles. The van der Waals surface area contributed by atoms with Gasteiger partial charge in [0.15, 0.2) is 18.1 Å². The van der Waals surface area contributed by atoms with Gasteiger partial charge in [-0.3, -0.25) is 29.4 Å². The Kier molecular flexibility index (Phi) is 6.56. The minimum Gasteiger partial charge on any atom is -0.493 e. The summed E-state index contributed by atoms with van der Waals surface area (Å²) in [6.45, 7) is 1.15. The summed E-state index contributed by atoms with van der Waals surface area (Å²) in [7, 11) is 2.64. The van der Waals surface area contributed by atoms with Crippen LogP contribution in [0.25, 0.3) is 0 Å². The molecule has 0 bridgehead atoms. The number of nitro benzene ring substituents is 1. The van der Waals surface area contributed by atoms with Crippen molar-refractivity contribution in [3.8, 4) is 11.5 Å². The molecule has 172 valence electrons. The molecule has 1 N–H and O–H groups in total. The number of anilines is 1. The van der Waals surface area contributed by atoms with Gasteiger partial charge >= 0.3 is 5.97 Å². The summed E-state index contributed by atoms with van der Waals surface area (Å²) in [5.74, 6) is -2.66. The first-order chi connectivity index (χ1) is 15.7. The number of ether oxygens (including phenoxy) is 3. The van der Waals surface area contributed by atoms with Gasteiger partial charge in [0.2, 0.25) is 0 Å². The molecule has 3 amide bonds. The number of hydrogen-bond acceptors (Lipinski definition) is 9. The lowest BCUT2D eigenvalue weighted by atomic mass is 10.1. The van der Waals surface area contributed by atoms with Gasteiger partial charge in [-0.1, -0.05) is 0 Å². The van der Waals surface area contributed by atoms with E-state index in [0.29, 0.717) is 0 Å². The molecule has 1 aliphatic heterocycles. The number of imide groups is 1. The van der Waals surface area contributed by atoms with E-state index in [4.69, 9.17) is 14.2 Å². The molecule has 2 aromatic rings. The van der Waals surface area contributed by atoms with Crippen LogP contribution in [-0.4, -0.2) is 60.9 Å². The summed E-state index contributed by atoms with van der Waals surface area (Å²) in [6, 6.07) is 6.30. The fourth-order valence-corrected chi connectivity index (χ4v) is 3.14. The highest BCUT2D eigenvalue weighted by Crippen LogP contribution is 2.35. The second kappa shape index (κ2) is 9.34. The SMILES string of the molecule is CCOc1cc(C(=O)OCC(=O)Nc2ccc3c(c2)C(=O)N(C)C3=O)c([N+](=O)[O-])cc1OC. The second-order valence-electron chi connectivity index (χ2n) is 6.76. The Bertz CT molecular complexity index is 1180. The minimum absolute atomic E-state index is 0.0631. The Labute approximate surface area is 187 Å². The lowest BCUT2D eigenvalue weighted by molar-refractivity contribution is -0.385. The number of nitrogens with one attached hydrogen (secondary N) is 1. The minimum atomic E-state index is -1.11. The molecule has 12 nitrogen and oxygen atoms in total. The van der Waals surface area contributed by atoms with Crippen LogP contribution >= 0.6 is 0 Å². The summed E-state index contributed by atoms with van der Waals surface area (Å²) >= 11 is 0. The van der Waals surface area contributed by atoms with E-state index in [-0.39, 0.29) is 34.9 Å². The van der Waals surface area contributed by atoms with Crippen molar-refractivity contribution in [1.82, 2.24) is 4.90 Å². The van der Waals surface area contributed by atoms with Gasteiger partial charge in [0.1, 0.15) is 5.56 Å². The molecule has 1 heterocycles. The average molecular weight is 457 g/mol. The third-order valence-corrected chi connectivity index (χ3v) is 4.71. The molecule has 0 aliphatic carbocycles. The predicted molar refractivity (Wildman–Crippen MR) is 113 cm³/mol. The van der Waals surface area contributed by atoms with Crippen molar-refractivity contribution in [1.29, 1.82) is 0 Å². The van der Waals surface area contributed by atoms with Crippen molar-refractivity contribution >= 4 is 35.1 Å². The molecule has 0 unspecified atom stereocenters. The summed E-state index contributed by atoms with van der Waals surface area (Å²) in [4.78, 5) is 60.2. The van der Waals surface area contributed by atoms with Gasteiger partial charge in [0.05, 0.1) is 35.8 Å². The van der Waals surface area contributed by atoms with Crippen molar-refractivity contribution in [3.63, 3.8) is 0 Å². The average Bonchev–Trinajstić information content (AvgIpc) is 3.00. The van der Waals surface area contributed by atoms with Crippen LogP contribution in [0.2, 0.25) is 0 Å². The van der Waals surface area contributed by atoms with Gasteiger partial charge in [-0.25, -0.2) is 4.79 Å². The number of nitrogens with zero attached hydrogens (tertiary/aromatic N) is 2. The summed E-state index contributed by atoms with van der Waals surface area (Å²) < 4.78 is 15.3. The molecule has 0 aromatic heterocycles. The Morgan fingerprint density at radius 1 is 1.09 bits per heavy atom. The summed E-state index contributed by atoms with van der Waals surface area (Å²) in [5, 5.41) is 13.8. The van der Waals surface area contributed by atoms with Crippen molar-refractivity contribution in [3.05, 3.63) is 57.1 Å². The van der Waals surface area contributed by atoms with Crippen molar-refractivity contribution in [2.45, 2.75) is 6.92 Å². The molecule has 0 radical (unpaired) electrons. The lowest BCUT2D eigenvalue weighted by Crippen LogP contribution is -2.24. The number of methoxy groups -OCH3 is 1. The maximum Gasteiger partial charge on any atom is 0.345 e. The second-order valence-corrected chi connectivity index (χ2v) is 6.76. The normalized spacial score (nSPS) is 12.3. The number of benzene rings is 2. The van der Waals surface area contributed by atoms with Gasteiger partial charge in [0.25, 0.3) is 23.4 Å². The number of rotatable bonds is 8. The van der Waals surface area contributed by atoms with Crippen LogP contribution in [-0.2, 0) is 9.53 Å². The Hall–Kier alpha value is -4.48. The van der Waals surface area contributed by atoms with E-state index in [1.165, 1.54) is 32.4 Å². The van der Waals surface area contributed by atoms with Gasteiger partial charge in [-0.05, 0) is 25.1 Å². The zero-order valence-corrected chi connectivity index (χ0v) is 17.9. The predicted octanol–water partition coefficient (Wildman–Crippen LogP) is 2.02. The quantitative estimate of drug-likeness (QED) is 0.271. The molecule has 0 atom stereocenters. The third-order valence-electron chi connectivity index (χ3n) is 4.71. The maximum absolute atomic E-state index is 12.5. The molecule has 2 aromatic carbocycles.